The van der Waals surface area contributed by atoms with E-state index in [1.54, 1.807) is 14.2 Å². The summed E-state index contributed by atoms with van der Waals surface area (Å²) in [6.07, 6.45) is 1.96. The van der Waals surface area contributed by atoms with Crippen LogP contribution in [0.15, 0.2) is 0 Å². The second-order valence-corrected chi connectivity index (χ2v) is 5.61. The summed E-state index contributed by atoms with van der Waals surface area (Å²) in [5.41, 5.74) is 0. The normalized spacial score (nSPS) is 16.5. The largest absolute Gasteiger partial charge is 0.448 e. The molecule has 1 fully saturated rings. The van der Waals surface area contributed by atoms with E-state index in [1.165, 1.54) is 0 Å². The van der Waals surface area contributed by atoms with Crippen LogP contribution in [0, 0.1) is 5.92 Å². The highest BCUT2D eigenvalue weighted by molar-refractivity contribution is 5.67. The molecule has 0 saturated carbocycles. The number of hydrogen-bond donors (Lipinski definition) is 0. The molecule has 1 rings (SSSR count). The number of carbonyl (C=O) groups excluding carboxylic acids is 1. The maximum absolute atomic E-state index is 12.0. The molecule has 0 radical (unpaired) electrons. The Morgan fingerprint density at radius 1 is 1.05 bits per heavy atom. The highest BCUT2D eigenvalue weighted by Crippen LogP contribution is 2.16. The fourth-order valence-corrected chi connectivity index (χ4v) is 2.32. The van der Waals surface area contributed by atoms with Crippen molar-refractivity contribution in [3.63, 3.8) is 0 Å². The third-order valence-electron chi connectivity index (χ3n) is 3.90. The quantitative estimate of drug-likeness (QED) is 0.645. The van der Waals surface area contributed by atoms with E-state index < -0.39 is 0 Å². The van der Waals surface area contributed by atoms with Gasteiger partial charge in [0.05, 0.1) is 13.2 Å². The smallest absolute Gasteiger partial charge is 0.409 e. The summed E-state index contributed by atoms with van der Waals surface area (Å²) in [6, 6.07) is 0. The number of rotatable bonds is 9. The zero-order valence-electron chi connectivity index (χ0n) is 13.7. The standard InChI is InChI=1S/C15H30N2O4/c1-14-4-6-17(7-5-14)15(18)21-13-10-16(8-11-19-2)9-12-20-3/h14H,4-13H2,1-3H3. The Bertz CT molecular complexity index is 273. The van der Waals surface area contributed by atoms with Crippen LogP contribution in [0.2, 0.25) is 0 Å². The number of methoxy groups -OCH3 is 2. The van der Waals surface area contributed by atoms with Crippen LogP contribution in [0.4, 0.5) is 4.79 Å². The molecule has 1 aliphatic heterocycles. The van der Waals surface area contributed by atoms with Crippen LogP contribution in [0.5, 0.6) is 0 Å². The lowest BCUT2D eigenvalue weighted by Gasteiger charge is -2.30. The van der Waals surface area contributed by atoms with E-state index >= 15 is 0 Å². The summed E-state index contributed by atoms with van der Waals surface area (Å²) in [7, 11) is 3.37. The summed E-state index contributed by atoms with van der Waals surface area (Å²) in [4.78, 5) is 15.9. The first-order valence-electron chi connectivity index (χ1n) is 7.79. The van der Waals surface area contributed by atoms with Crippen LogP contribution in [-0.2, 0) is 14.2 Å². The van der Waals surface area contributed by atoms with E-state index in [2.05, 4.69) is 11.8 Å². The van der Waals surface area contributed by atoms with Crippen molar-refractivity contribution in [3.8, 4) is 0 Å². The molecular weight excluding hydrogens is 272 g/mol. The maximum atomic E-state index is 12.0. The molecule has 1 heterocycles. The number of amides is 1. The summed E-state index contributed by atoms with van der Waals surface area (Å²) >= 11 is 0. The average molecular weight is 302 g/mol. The fraction of sp³-hybridized carbons (Fsp3) is 0.933. The van der Waals surface area contributed by atoms with Crippen LogP contribution in [0.25, 0.3) is 0 Å². The van der Waals surface area contributed by atoms with Crippen molar-refractivity contribution < 1.29 is 19.0 Å². The molecule has 0 spiro atoms. The second-order valence-electron chi connectivity index (χ2n) is 5.61. The van der Waals surface area contributed by atoms with Gasteiger partial charge in [0.25, 0.3) is 0 Å². The molecule has 6 nitrogen and oxygen atoms in total. The molecule has 124 valence electrons. The zero-order valence-corrected chi connectivity index (χ0v) is 13.7. The minimum Gasteiger partial charge on any atom is -0.448 e. The zero-order chi connectivity index (χ0) is 15.5. The lowest BCUT2D eigenvalue weighted by molar-refractivity contribution is 0.0668. The lowest BCUT2D eigenvalue weighted by Crippen LogP contribution is -2.40. The van der Waals surface area contributed by atoms with Crippen molar-refractivity contribution in [2.24, 2.45) is 5.92 Å². The molecule has 1 amide bonds. The van der Waals surface area contributed by atoms with Crippen molar-refractivity contribution in [1.82, 2.24) is 9.80 Å². The number of nitrogens with zero attached hydrogens (tertiary/aromatic N) is 2. The Balaban J connectivity index is 2.20. The average Bonchev–Trinajstić information content (AvgIpc) is 2.50. The Morgan fingerprint density at radius 3 is 2.10 bits per heavy atom. The van der Waals surface area contributed by atoms with Gasteiger partial charge in [0, 0.05) is 46.9 Å². The summed E-state index contributed by atoms with van der Waals surface area (Å²) in [5, 5.41) is 0. The fourth-order valence-electron chi connectivity index (χ4n) is 2.32. The first-order valence-corrected chi connectivity index (χ1v) is 7.79. The minimum atomic E-state index is -0.180. The summed E-state index contributed by atoms with van der Waals surface area (Å²) in [5.74, 6) is 0.715. The van der Waals surface area contributed by atoms with Gasteiger partial charge < -0.3 is 19.1 Å². The van der Waals surface area contributed by atoms with Crippen LogP contribution >= 0.6 is 0 Å². The maximum Gasteiger partial charge on any atom is 0.409 e. The molecule has 0 aromatic carbocycles. The van der Waals surface area contributed by atoms with Gasteiger partial charge in [-0.25, -0.2) is 4.79 Å². The highest BCUT2D eigenvalue weighted by atomic mass is 16.6. The molecule has 0 aliphatic carbocycles. The number of likely N-dealkylation sites (tertiary alicyclic amines) is 1. The molecule has 0 aromatic rings. The second kappa shape index (κ2) is 10.8. The topological polar surface area (TPSA) is 51.2 Å². The predicted molar refractivity (Wildman–Crippen MR) is 81.5 cm³/mol. The lowest BCUT2D eigenvalue weighted by atomic mass is 10.00. The van der Waals surface area contributed by atoms with Crippen LogP contribution in [-0.4, -0.2) is 82.7 Å². The van der Waals surface area contributed by atoms with Gasteiger partial charge in [0.1, 0.15) is 6.61 Å². The van der Waals surface area contributed by atoms with Gasteiger partial charge >= 0.3 is 6.09 Å². The van der Waals surface area contributed by atoms with E-state index in [0.717, 1.165) is 39.0 Å². The van der Waals surface area contributed by atoms with E-state index in [4.69, 9.17) is 14.2 Å². The Morgan fingerprint density at radius 2 is 1.57 bits per heavy atom. The third-order valence-corrected chi connectivity index (χ3v) is 3.90. The molecular formula is C15H30N2O4. The predicted octanol–water partition coefficient (Wildman–Crippen LogP) is 1.45. The van der Waals surface area contributed by atoms with Crippen molar-refractivity contribution in [2.75, 3.05) is 66.8 Å². The van der Waals surface area contributed by atoms with Crippen molar-refractivity contribution in [3.05, 3.63) is 0 Å². The molecule has 1 saturated heterocycles. The van der Waals surface area contributed by atoms with Crippen LogP contribution in [0.3, 0.4) is 0 Å². The van der Waals surface area contributed by atoms with Gasteiger partial charge in [0.2, 0.25) is 0 Å². The molecule has 0 unspecified atom stereocenters. The SMILES string of the molecule is COCCN(CCOC)CCOC(=O)N1CCC(C)CC1. The van der Waals surface area contributed by atoms with Crippen molar-refractivity contribution in [2.45, 2.75) is 19.8 Å². The van der Waals surface area contributed by atoms with Crippen molar-refractivity contribution in [1.29, 1.82) is 0 Å². The number of ether oxygens (including phenoxy) is 3. The van der Waals surface area contributed by atoms with E-state index in [-0.39, 0.29) is 6.09 Å². The molecule has 0 bridgehead atoms. The Hall–Kier alpha value is -0.850. The summed E-state index contributed by atoms with van der Waals surface area (Å²) < 4.78 is 15.5. The van der Waals surface area contributed by atoms with E-state index in [1.807, 2.05) is 4.90 Å². The van der Waals surface area contributed by atoms with E-state index in [9.17, 15) is 4.79 Å². The first kappa shape index (κ1) is 18.2. The molecule has 0 N–H and O–H groups in total. The first-order chi connectivity index (χ1) is 10.2. The summed E-state index contributed by atoms with van der Waals surface area (Å²) in [6.45, 7) is 7.96. The molecule has 21 heavy (non-hydrogen) atoms. The third kappa shape index (κ3) is 7.64. The van der Waals surface area contributed by atoms with E-state index in [0.29, 0.717) is 32.3 Å². The van der Waals surface area contributed by atoms with Gasteiger partial charge in [-0.05, 0) is 18.8 Å². The Kier molecular flexibility index (Phi) is 9.37. The van der Waals surface area contributed by atoms with Gasteiger partial charge in [-0.1, -0.05) is 6.92 Å². The van der Waals surface area contributed by atoms with Gasteiger partial charge in [0.15, 0.2) is 0 Å². The van der Waals surface area contributed by atoms with Gasteiger partial charge in [-0.3, -0.25) is 4.90 Å². The molecule has 0 aromatic heterocycles. The van der Waals surface area contributed by atoms with Gasteiger partial charge in [-0.2, -0.15) is 0 Å². The van der Waals surface area contributed by atoms with Crippen LogP contribution in [0.1, 0.15) is 19.8 Å². The number of piperidine rings is 1. The highest BCUT2D eigenvalue weighted by Gasteiger charge is 2.21. The number of carbonyl (C=O) groups is 1. The monoisotopic (exact) mass is 302 g/mol. The minimum absolute atomic E-state index is 0.180. The van der Waals surface area contributed by atoms with Gasteiger partial charge in [-0.15, -0.1) is 0 Å². The molecule has 6 heteroatoms. The van der Waals surface area contributed by atoms with Crippen LogP contribution < -0.4 is 0 Å². The molecule has 1 aliphatic rings. The number of hydrogen-bond acceptors (Lipinski definition) is 5. The Labute approximate surface area is 128 Å². The molecule has 0 atom stereocenters. The van der Waals surface area contributed by atoms with Crippen molar-refractivity contribution >= 4 is 6.09 Å².